The molecule has 150 valence electrons. The summed E-state index contributed by atoms with van der Waals surface area (Å²) in [7, 11) is 0.148. The molecule has 2 heterocycles. The number of ether oxygens (including phenoxy) is 1. The van der Waals surface area contributed by atoms with Crippen LogP contribution in [0.4, 0.5) is 13.2 Å². The predicted octanol–water partition coefficient (Wildman–Crippen LogP) is 5.39. The van der Waals surface area contributed by atoms with E-state index in [1.807, 2.05) is 6.92 Å². The van der Waals surface area contributed by atoms with Crippen molar-refractivity contribution in [2.24, 2.45) is 0 Å². The second-order valence-corrected chi connectivity index (χ2v) is 8.31. The van der Waals surface area contributed by atoms with Crippen molar-refractivity contribution in [2.75, 3.05) is 13.4 Å². The fourth-order valence-electron chi connectivity index (χ4n) is 1.87. The summed E-state index contributed by atoms with van der Waals surface area (Å²) in [6.45, 7) is 7.91. The van der Waals surface area contributed by atoms with E-state index in [1.165, 1.54) is 31.9 Å². The minimum atomic E-state index is -4.56. The standard InChI is InChI=1S/C13H13F3N2O2S2.C5H10/c1-7-17-5-8(13(14,15)16)12(18-7)9-4-11(22(3)19)10(21-9)6-20-2;1-4-5(2)3/h4-5H,6H2,1-3H3;4H,1-3H3. The molecule has 4 nitrogen and oxygen atoms in total. The lowest BCUT2D eigenvalue weighted by Gasteiger charge is -2.10. The van der Waals surface area contributed by atoms with E-state index >= 15 is 0 Å². The van der Waals surface area contributed by atoms with Crippen LogP contribution in [0.1, 0.15) is 37.0 Å². The van der Waals surface area contributed by atoms with Crippen LogP contribution in [0.5, 0.6) is 0 Å². The molecule has 0 radical (unpaired) electrons. The van der Waals surface area contributed by atoms with Crippen LogP contribution in [0.15, 0.2) is 28.8 Å². The van der Waals surface area contributed by atoms with Gasteiger partial charge < -0.3 is 4.74 Å². The minimum absolute atomic E-state index is 0.186. The van der Waals surface area contributed by atoms with Gasteiger partial charge in [0.25, 0.3) is 0 Å². The van der Waals surface area contributed by atoms with E-state index in [-0.39, 0.29) is 18.1 Å². The molecule has 0 aliphatic carbocycles. The second-order valence-electron chi connectivity index (χ2n) is 5.83. The number of thiophene rings is 1. The van der Waals surface area contributed by atoms with Crippen molar-refractivity contribution in [2.45, 2.75) is 45.4 Å². The molecule has 27 heavy (non-hydrogen) atoms. The number of allylic oxidation sites excluding steroid dienone is 2. The Morgan fingerprint density at radius 2 is 1.96 bits per heavy atom. The van der Waals surface area contributed by atoms with E-state index in [0.29, 0.717) is 14.6 Å². The largest absolute Gasteiger partial charge is 0.420 e. The zero-order valence-corrected chi connectivity index (χ0v) is 17.7. The van der Waals surface area contributed by atoms with Gasteiger partial charge in [-0.3, -0.25) is 4.21 Å². The lowest BCUT2D eigenvalue weighted by atomic mass is 10.2. The summed E-state index contributed by atoms with van der Waals surface area (Å²) in [5, 5.41) is 0. The normalized spacial score (nSPS) is 12.2. The Morgan fingerprint density at radius 3 is 2.41 bits per heavy atom. The third kappa shape index (κ3) is 6.82. The van der Waals surface area contributed by atoms with Gasteiger partial charge >= 0.3 is 6.18 Å². The highest BCUT2D eigenvalue weighted by Crippen LogP contribution is 2.40. The Hall–Kier alpha value is -1.58. The highest BCUT2D eigenvalue weighted by atomic mass is 32.2. The number of alkyl halides is 3. The topological polar surface area (TPSA) is 52.1 Å². The zero-order valence-electron chi connectivity index (χ0n) is 16.1. The second kappa shape index (κ2) is 10.1. The van der Waals surface area contributed by atoms with E-state index in [9.17, 15) is 17.4 Å². The van der Waals surface area contributed by atoms with Crippen LogP contribution in [-0.2, 0) is 28.3 Å². The smallest absolute Gasteiger partial charge is 0.379 e. The average molecular weight is 421 g/mol. The average Bonchev–Trinajstić information content (AvgIpc) is 2.98. The molecule has 1 unspecified atom stereocenters. The van der Waals surface area contributed by atoms with Crippen molar-refractivity contribution in [1.82, 2.24) is 9.97 Å². The molecule has 0 aliphatic heterocycles. The number of rotatable bonds is 4. The van der Waals surface area contributed by atoms with E-state index < -0.39 is 22.5 Å². The molecule has 0 bridgehead atoms. The van der Waals surface area contributed by atoms with E-state index in [0.717, 1.165) is 17.5 Å². The van der Waals surface area contributed by atoms with Crippen molar-refractivity contribution < 1.29 is 22.1 Å². The molecule has 1 atom stereocenters. The SMILES string of the molecule is CC=C(C)C.COCc1sc(-c2nc(C)ncc2C(F)(F)F)cc1S(C)=O. The number of nitrogens with zero attached hydrogens (tertiary/aromatic N) is 2. The summed E-state index contributed by atoms with van der Waals surface area (Å²) in [4.78, 5) is 8.94. The number of hydrogen-bond donors (Lipinski definition) is 0. The van der Waals surface area contributed by atoms with Gasteiger partial charge in [-0.2, -0.15) is 13.2 Å². The van der Waals surface area contributed by atoms with Gasteiger partial charge in [0, 0.05) is 24.4 Å². The van der Waals surface area contributed by atoms with E-state index in [1.54, 1.807) is 0 Å². The van der Waals surface area contributed by atoms with E-state index in [4.69, 9.17) is 4.74 Å². The number of halogens is 3. The van der Waals surface area contributed by atoms with Gasteiger partial charge in [0.1, 0.15) is 11.4 Å². The molecule has 0 aromatic carbocycles. The van der Waals surface area contributed by atoms with Crippen LogP contribution in [-0.4, -0.2) is 27.5 Å². The quantitative estimate of drug-likeness (QED) is 0.623. The van der Waals surface area contributed by atoms with Crippen LogP contribution in [0, 0.1) is 6.92 Å². The summed E-state index contributed by atoms with van der Waals surface area (Å²) in [6, 6.07) is 1.48. The monoisotopic (exact) mass is 420 g/mol. The fourth-order valence-corrected chi connectivity index (χ4v) is 4.11. The molecule has 0 spiro atoms. The molecule has 9 heteroatoms. The first-order valence-electron chi connectivity index (χ1n) is 7.97. The third-order valence-electron chi connectivity index (χ3n) is 3.38. The lowest BCUT2D eigenvalue weighted by Crippen LogP contribution is -2.09. The Labute approximate surface area is 164 Å². The summed E-state index contributed by atoms with van der Waals surface area (Å²) < 4.78 is 56.1. The van der Waals surface area contributed by atoms with Crippen LogP contribution in [0.2, 0.25) is 0 Å². The van der Waals surface area contributed by atoms with Gasteiger partial charge in [-0.1, -0.05) is 11.6 Å². The molecule has 0 fully saturated rings. The summed E-state index contributed by atoms with van der Waals surface area (Å²) in [5.41, 5.74) is 0.279. The molecular weight excluding hydrogens is 397 g/mol. The van der Waals surface area contributed by atoms with Crippen molar-refractivity contribution >= 4 is 22.1 Å². The molecule has 2 aromatic rings. The van der Waals surface area contributed by atoms with Crippen LogP contribution < -0.4 is 0 Å². The molecule has 2 aromatic heterocycles. The molecule has 0 N–H and O–H groups in total. The van der Waals surface area contributed by atoms with E-state index in [2.05, 4.69) is 29.9 Å². The summed E-state index contributed by atoms with van der Waals surface area (Å²) in [6.07, 6.45) is -0.225. The summed E-state index contributed by atoms with van der Waals surface area (Å²) >= 11 is 1.10. The number of aromatic nitrogens is 2. The molecular formula is C18H23F3N2O2S2. The lowest BCUT2D eigenvalue weighted by molar-refractivity contribution is -0.137. The van der Waals surface area contributed by atoms with Crippen molar-refractivity contribution in [1.29, 1.82) is 0 Å². The van der Waals surface area contributed by atoms with Crippen molar-refractivity contribution in [3.63, 3.8) is 0 Å². The molecule has 0 aliphatic rings. The Kier molecular flexibility index (Phi) is 8.77. The van der Waals surface area contributed by atoms with Gasteiger partial charge in [0.05, 0.1) is 32.9 Å². The Balaban J connectivity index is 0.000000646. The maximum absolute atomic E-state index is 13.1. The Bertz CT molecular complexity index is 826. The number of methoxy groups -OCH3 is 1. The molecule has 0 saturated carbocycles. The highest BCUT2D eigenvalue weighted by molar-refractivity contribution is 7.84. The Morgan fingerprint density at radius 1 is 1.37 bits per heavy atom. The molecule has 0 saturated heterocycles. The number of aryl methyl sites for hydroxylation is 1. The highest BCUT2D eigenvalue weighted by Gasteiger charge is 2.36. The molecule has 0 amide bonds. The zero-order chi connectivity index (χ0) is 20.8. The fraction of sp³-hybridized carbons (Fsp3) is 0.444. The maximum Gasteiger partial charge on any atom is 0.420 e. The first kappa shape index (κ1) is 23.5. The van der Waals surface area contributed by atoms with Crippen LogP contribution in [0.3, 0.4) is 0 Å². The van der Waals surface area contributed by atoms with Gasteiger partial charge in [-0.05, 0) is 33.8 Å². The van der Waals surface area contributed by atoms with Gasteiger partial charge in [0.2, 0.25) is 0 Å². The van der Waals surface area contributed by atoms with Gasteiger partial charge in [-0.15, -0.1) is 11.3 Å². The predicted molar refractivity (Wildman–Crippen MR) is 103 cm³/mol. The maximum atomic E-state index is 13.1. The van der Waals surface area contributed by atoms with Crippen LogP contribution in [0.25, 0.3) is 10.6 Å². The van der Waals surface area contributed by atoms with Crippen molar-refractivity contribution in [3.05, 3.63) is 40.2 Å². The first-order chi connectivity index (χ1) is 12.5. The van der Waals surface area contributed by atoms with Gasteiger partial charge in [-0.25, -0.2) is 9.97 Å². The van der Waals surface area contributed by atoms with Crippen molar-refractivity contribution in [3.8, 4) is 10.6 Å². The summed E-state index contributed by atoms with van der Waals surface area (Å²) in [5.74, 6) is 0.240. The van der Waals surface area contributed by atoms with Crippen LogP contribution >= 0.6 is 11.3 Å². The van der Waals surface area contributed by atoms with Gasteiger partial charge in [0.15, 0.2) is 0 Å². The first-order valence-corrected chi connectivity index (χ1v) is 10.3. The number of hydrogen-bond acceptors (Lipinski definition) is 5. The molecule has 2 rings (SSSR count). The third-order valence-corrected chi connectivity index (χ3v) is 5.61. The minimum Gasteiger partial charge on any atom is -0.379 e.